The van der Waals surface area contributed by atoms with Crippen molar-refractivity contribution in [3.05, 3.63) is 65.9 Å². The van der Waals surface area contributed by atoms with Gasteiger partial charge in [-0.1, -0.05) is 36.4 Å². The first-order valence-electron chi connectivity index (χ1n) is 6.89. The van der Waals surface area contributed by atoms with Crippen LogP contribution in [0.25, 0.3) is 10.9 Å². The van der Waals surface area contributed by atoms with Crippen molar-refractivity contribution in [2.75, 3.05) is 5.32 Å². The highest BCUT2D eigenvalue weighted by Gasteiger charge is 2.06. The molecule has 1 heterocycles. The molecule has 0 saturated carbocycles. The van der Waals surface area contributed by atoms with Gasteiger partial charge >= 0.3 is 6.03 Å². The molecule has 0 aliphatic rings. The van der Waals surface area contributed by atoms with Gasteiger partial charge in [0, 0.05) is 23.1 Å². The molecule has 0 unspecified atom stereocenters. The fourth-order valence-electron chi connectivity index (χ4n) is 2.35. The molecule has 0 aliphatic carbocycles. The second-order valence-electron chi connectivity index (χ2n) is 5.01. The maximum absolute atomic E-state index is 12.0. The molecule has 2 amide bonds. The predicted molar refractivity (Wildman–Crippen MR) is 85.3 cm³/mol. The van der Waals surface area contributed by atoms with E-state index in [0.29, 0.717) is 6.54 Å². The molecule has 106 valence electrons. The minimum atomic E-state index is -0.204. The number of benzene rings is 2. The van der Waals surface area contributed by atoms with Crippen molar-refractivity contribution in [2.24, 2.45) is 0 Å². The number of anilines is 1. The maximum atomic E-state index is 12.0. The van der Waals surface area contributed by atoms with Gasteiger partial charge in [0.05, 0.1) is 5.69 Å². The molecular formula is C17H17N3O. The van der Waals surface area contributed by atoms with Crippen LogP contribution in [0.5, 0.6) is 0 Å². The number of aromatic amines is 1. The number of fused-ring (bicyclic) bond motifs is 1. The monoisotopic (exact) mass is 279 g/mol. The zero-order valence-corrected chi connectivity index (χ0v) is 11.8. The van der Waals surface area contributed by atoms with Crippen molar-refractivity contribution in [3.63, 3.8) is 0 Å². The molecule has 0 bridgehead atoms. The van der Waals surface area contributed by atoms with Crippen molar-refractivity contribution in [1.29, 1.82) is 0 Å². The summed E-state index contributed by atoms with van der Waals surface area (Å²) in [5, 5.41) is 6.78. The van der Waals surface area contributed by atoms with Gasteiger partial charge in [0.15, 0.2) is 0 Å². The van der Waals surface area contributed by atoms with Gasteiger partial charge in [0.25, 0.3) is 0 Å². The van der Waals surface area contributed by atoms with Crippen molar-refractivity contribution in [2.45, 2.75) is 13.5 Å². The van der Waals surface area contributed by atoms with E-state index in [0.717, 1.165) is 27.8 Å². The van der Waals surface area contributed by atoms with Gasteiger partial charge in [0.1, 0.15) is 0 Å². The van der Waals surface area contributed by atoms with E-state index in [-0.39, 0.29) is 6.03 Å². The highest BCUT2D eigenvalue weighted by molar-refractivity contribution is 6.00. The number of carbonyl (C=O) groups excluding carboxylic acids is 1. The molecule has 21 heavy (non-hydrogen) atoms. The summed E-state index contributed by atoms with van der Waals surface area (Å²) in [5.41, 5.74) is 3.98. The Kier molecular flexibility index (Phi) is 3.60. The predicted octanol–water partition coefficient (Wildman–Crippen LogP) is 3.80. The normalized spacial score (nSPS) is 10.5. The highest BCUT2D eigenvalue weighted by atomic mass is 16.2. The molecule has 0 aliphatic heterocycles. The zero-order chi connectivity index (χ0) is 14.7. The quantitative estimate of drug-likeness (QED) is 0.671. The zero-order valence-electron chi connectivity index (χ0n) is 11.8. The van der Waals surface area contributed by atoms with Gasteiger partial charge in [-0.3, -0.25) is 0 Å². The summed E-state index contributed by atoms with van der Waals surface area (Å²) < 4.78 is 0. The van der Waals surface area contributed by atoms with Crippen LogP contribution in [0.1, 0.15) is 11.3 Å². The van der Waals surface area contributed by atoms with Crippen molar-refractivity contribution < 1.29 is 4.79 Å². The average molecular weight is 279 g/mol. The van der Waals surface area contributed by atoms with Crippen LogP contribution in [0.3, 0.4) is 0 Å². The summed E-state index contributed by atoms with van der Waals surface area (Å²) in [4.78, 5) is 15.3. The Bertz CT molecular complexity index is 762. The molecule has 3 aromatic rings. The molecular weight excluding hydrogens is 262 g/mol. The van der Waals surface area contributed by atoms with E-state index in [1.54, 1.807) is 0 Å². The van der Waals surface area contributed by atoms with Gasteiger partial charge in [-0.05, 0) is 30.7 Å². The molecule has 4 heteroatoms. The van der Waals surface area contributed by atoms with Crippen LogP contribution in [0.4, 0.5) is 10.5 Å². The third-order valence-electron chi connectivity index (χ3n) is 3.34. The summed E-state index contributed by atoms with van der Waals surface area (Å²) in [7, 11) is 0. The fraction of sp³-hybridized carbons (Fsp3) is 0.118. The highest BCUT2D eigenvalue weighted by Crippen LogP contribution is 2.23. The van der Waals surface area contributed by atoms with Crippen LogP contribution in [0, 0.1) is 6.92 Å². The minimum absolute atomic E-state index is 0.204. The van der Waals surface area contributed by atoms with Crippen LogP contribution in [-0.4, -0.2) is 11.0 Å². The molecule has 2 aromatic carbocycles. The lowest BCUT2D eigenvalue weighted by atomic mass is 10.2. The molecule has 4 nitrogen and oxygen atoms in total. The lowest BCUT2D eigenvalue weighted by Gasteiger charge is -2.08. The standard InChI is InChI=1S/C17H17N3O/c1-12-10-14-15(19-12)8-5-9-16(14)20-17(21)18-11-13-6-3-2-4-7-13/h2-10,19H,11H2,1H3,(H2,18,20,21). The number of aromatic nitrogens is 1. The largest absolute Gasteiger partial charge is 0.359 e. The molecule has 3 N–H and O–H groups in total. The van der Waals surface area contributed by atoms with Crippen molar-refractivity contribution in [3.8, 4) is 0 Å². The lowest BCUT2D eigenvalue weighted by Crippen LogP contribution is -2.28. The van der Waals surface area contributed by atoms with Gasteiger partial charge in [-0.15, -0.1) is 0 Å². The Labute approximate surface area is 123 Å². The smallest absolute Gasteiger partial charge is 0.319 e. The molecule has 0 fully saturated rings. The number of nitrogens with one attached hydrogen (secondary N) is 3. The van der Waals surface area contributed by atoms with E-state index in [4.69, 9.17) is 0 Å². The van der Waals surface area contributed by atoms with Crippen LogP contribution in [0.2, 0.25) is 0 Å². The molecule has 3 rings (SSSR count). The average Bonchev–Trinajstić information content (AvgIpc) is 2.88. The Morgan fingerprint density at radius 1 is 1.10 bits per heavy atom. The second-order valence-corrected chi connectivity index (χ2v) is 5.01. The Hall–Kier alpha value is -2.75. The van der Waals surface area contributed by atoms with E-state index < -0.39 is 0 Å². The number of amides is 2. The third-order valence-corrected chi connectivity index (χ3v) is 3.34. The third kappa shape index (κ3) is 3.05. The molecule has 1 aromatic heterocycles. The Morgan fingerprint density at radius 2 is 1.90 bits per heavy atom. The summed E-state index contributed by atoms with van der Waals surface area (Å²) in [6, 6.07) is 17.5. The number of urea groups is 1. The Morgan fingerprint density at radius 3 is 2.71 bits per heavy atom. The van der Waals surface area contributed by atoms with Crippen molar-refractivity contribution in [1.82, 2.24) is 10.3 Å². The van der Waals surface area contributed by atoms with Crippen LogP contribution >= 0.6 is 0 Å². The van der Waals surface area contributed by atoms with Gasteiger partial charge in [-0.2, -0.15) is 0 Å². The number of aryl methyl sites for hydroxylation is 1. The van der Waals surface area contributed by atoms with E-state index >= 15 is 0 Å². The molecule has 0 saturated heterocycles. The van der Waals surface area contributed by atoms with Crippen LogP contribution in [0.15, 0.2) is 54.6 Å². The minimum Gasteiger partial charge on any atom is -0.359 e. The SMILES string of the molecule is Cc1cc2c(NC(=O)NCc3ccccc3)cccc2[nH]1. The number of carbonyl (C=O) groups is 1. The van der Waals surface area contributed by atoms with E-state index in [9.17, 15) is 4.79 Å². The molecule has 0 atom stereocenters. The van der Waals surface area contributed by atoms with Crippen molar-refractivity contribution >= 4 is 22.6 Å². The van der Waals surface area contributed by atoms with E-state index in [1.807, 2.05) is 61.5 Å². The number of hydrogen-bond donors (Lipinski definition) is 3. The van der Waals surface area contributed by atoms with E-state index in [2.05, 4.69) is 15.6 Å². The molecule has 0 radical (unpaired) electrons. The number of rotatable bonds is 3. The first kappa shape index (κ1) is 13.2. The molecule has 0 spiro atoms. The first-order valence-corrected chi connectivity index (χ1v) is 6.89. The van der Waals surface area contributed by atoms with Gasteiger partial charge in [0.2, 0.25) is 0 Å². The summed E-state index contributed by atoms with van der Waals surface area (Å²) in [6.45, 7) is 2.51. The maximum Gasteiger partial charge on any atom is 0.319 e. The fourth-order valence-corrected chi connectivity index (χ4v) is 2.35. The Balaban J connectivity index is 1.69. The topological polar surface area (TPSA) is 56.9 Å². The van der Waals surface area contributed by atoms with Gasteiger partial charge < -0.3 is 15.6 Å². The number of hydrogen-bond acceptors (Lipinski definition) is 1. The van der Waals surface area contributed by atoms with Crippen LogP contribution < -0.4 is 10.6 Å². The summed E-state index contributed by atoms with van der Waals surface area (Å²) in [6.07, 6.45) is 0. The summed E-state index contributed by atoms with van der Waals surface area (Å²) in [5.74, 6) is 0. The van der Waals surface area contributed by atoms with E-state index in [1.165, 1.54) is 0 Å². The lowest BCUT2D eigenvalue weighted by molar-refractivity contribution is 0.252. The second kappa shape index (κ2) is 5.71. The van der Waals surface area contributed by atoms with Crippen LogP contribution in [-0.2, 0) is 6.54 Å². The van der Waals surface area contributed by atoms with Gasteiger partial charge in [-0.25, -0.2) is 4.79 Å². The summed E-state index contributed by atoms with van der Waals surface area (Å²) >= 11 is 0. The number of H-pyrrole nitrogens is 1. The first-order chi connectivity index (χ1) is 10.2.